The number of rotatable bonds is 4. The number of phenolic OH excluding ortho intramolecular Hbond substituents is 2. The number of aromatic amines is 1. The largest absolute Gasteiger partial charge is 0.508 e. The second-order valence-corrected chi connectivity index (χ2v) is 6.12. The van der Waals surface area contributed by atoms with E-state index in [0.29, 0.717) is 28.9 Å². The Balaban J connectivity index is 2.18. The molecule has 0 saturated heterocycles. The number of hydrogen-bond donors (Lipinski definition) is 4. The lowest BCUT2D eigenvalue weighted by atomic mass is 9.96. The van der Waals surface area contributed by atoms with Gasteiger partial charge in [-0.15, -0.1) is 0 Å². The number of H-pyrrole nitrogens is 1. The molecule has 8 heteroatoms. The molecule has 0 fully saturated rings. The van der Waals surface area contributed by atoms with Gasteiger partial charge >= 0.3 is 6.18 Å². The first-order chi connectivity index (χ1) is 13.2. The highest BCUT2D eigenvalue weighted by Gasteiger charge is 2.30. The van der Waals surface area contributed by atoms with Crippen molar-refractivity contribution in [1.29, 1.82) is 0 Å². The summed E-state index contributed by atoms with van der Waals surface area (Å²) in [7, 11) is 0. The van der Waals surface area contributed by atoms with Crippen LogP contribution >= 0.6 is 0 Å². The van der Waals surface area contributed by atoms with Gasteiger partial charge in [0.1, 0.15) is 11.5 Å². The van der Waals surface area contributed by atoms with E-state index in [2.05, 4.69) is 10.3 Å². The predicted octanol–water partition coefficient (Wildman–Crippen LogP) is 4.53. The number of nitrogens with one attached hydrogen (secondary N) is 2. The molecular formula is C20H17F3N2O3. The number of halogens is 3. The number of aromatic nitrogens is 1. The molecule has 0 bridgehead atoms. The van der Waals surface area contributed by atoms with E-state index in [1.54, 1.807) is 6.92 Å². The molecule has 146 valence electrons. The third-order valence-electron chi connectivity index (χ3n) is 4.15. The molecule has 0 aliphatic rings. The molecule has 3 rings (SSSR count). The Bertz CT molecular complexity index is 988. The molecule has 5 nitrogen and oxygen atoms in total. The van der Waals surface area contributed by atoms with Crippen LogP contribution in [0, 0.1) is 0 Å². The van der Waals surface area contributed by atoms with Crippen molar-refractivity contribution in [2.75, 3.05) is 6.54 Å². The van der Waals surface area contributed by atoms with Gasteiger partial charge in [-0.3, -0.25) is 4.79 Å². The summed E-state index contributed by atoms with van der Waals surface area (Å²) in [5.74, 6) is -0.817. The monoisotopic (exact) mass is 390 g/mol. The maximum absolute atomic E-state index is 12.8. The van der Waals surface area contributed by atoms with E-state index in [0.717, 1.165) is 18.2 Å². The minimum absolute atomic E-state index is 0.212. The molecule has 0 atom stereocenters. The molecule has 0 radical (unpaired) electrons. The second kappa shape index (κ2) is 7.30. The van der Waals surface area contributed by atoms with Gasteiger partial charge in [-0.25, -0.2) is 0 Å². The molecule has 0 aliphatic heterocycles. The number of hydrogen-bond acceptors (Lipinski definition) is 3. The number of alkyl halides is 3. The van der Waals surface area contributed by atoms with E-state index in [9.17, 15) is 28.2 Å². The van der Waals surface area contributed by atoms with Gasteiger partial charge in [0.05, 0.1) is 16.8 Å². The SMILES string of the molecule is CCNC(=O)c1c[nH]c(-c2ccc(C(F)(F)F)cc2)c1-c1cc(O)cc(O)c1. The first-order valence-corrected chi connectivity index (χ1v) is 8.41. The predicted molar refractivity (Wildman–Crippen MR) is 98.0 cm³/mol. The van der Waals surface area contributed by atoms with Crippen LogP contribution in [0.2, 0.25) is 0 Å². The summed E-state index contributed by atoms with van der Waals surface area (Å²) < 4.78 is 38.5. The van der Waals surface area contributed by atoms with Crippen LogP contribution in [0.15, 0.2) is 48.7 Å². The Hall–Kier alpha value is -3.42. The summed E-state index contributed by atoms with van der Waals surface area (Å²) in [5, 5.41) is 22.3. The molecule has 2 aromatic carbocycles. The number of carbonyl (C=O) groups excluding carboxylic acids is 1. The molecule has 0 unspecified atom stereocenters. The Morgan fingerprint density at radius 1 is 1.04 bits per heavy atom. The van der Waals surface area contributed by atoms with E-state index < -0.39 is 17.6 Å². The molecule has 0 saturated carbocycles. The van der Waals surface area contributed by atoms with Crippen molar-refractivity contribution < 1.29 is 28.2 Å². The number of carbonyl (C=O) groups is 1. The van der Waals surface area contributed by atoms with Gasteiger partial charge in [0.25, 0.3) is 5.91 Å². The molecule has 28 heavy (non-hydrogen) atoms. The van der Waals surface area contributed by atoms with Gasteiger partial charge in [-0.05, 0) is 42.3 Å². The number of amides is 1. The minimum Gasteiger partial charge on any atom is -0.508 e. The van der Waals surface area contributed by atoms with Gasteiger partial charge in [0.2, 0.25) is 0 Å². The summed E-state index contributed by atoms with van der Waals surface area (Å²) in [6, 6.07) is 8.35. The molecule has 0 spiro atoms. The van der Waals surface area contributed by atoms with Crippen molar-refractivity contribution in [2.45, 2.75) is 13.1 Å². The Kier molecular flexibility index (Phi) is 5.04. The first-order valence-electron chi connectivity index (χ1n) is 8.41. The van der Waals surface area contributed by atoms with Crippen molar-refractivity contribution in [1.82, 2.24) is 10.3 Å². The van der Waals surface area contributed by atoms with E-state index in [1.807, 2.05) is 0 Å². The molecule has 4 N–H and O–H groups in total. The van der Waals surface area contributed by atoms with Gasteiger partial charge in [-0.1, -0.05) is 12.1 Å². The lowest BCUT2D eigenvalue weighted by Gasteiger charge is -2.11. The lowest BCUT2D eigenvalue weighted by molar-refractivity contribution is -0.137. The summed E-state index contributed by atoms with van der Waals surface area (Å²) >= 11 is 0. The maximum atomic E-state index is 12.8. The van der Waals surface area contributed by atoms with Crippen LogP contribution in [0.25, 0.3) is 22.4 Å². The molecule has 1 heterocycles. The van der Waals surface area contributed by atoms with Gasteiger partial charge in [0.15, 0.2) is 0 Å². The van der Waals surface area contributed by atoms with E-state index in [4.69, 9.17) is 0 Å². The highest BCUT2D eigenvalue weighted by atomic mass is 19.4. The van der Waals surface area contributed by atoms with Gasteiger partial charge in [0, 0.05) is 24.4 Å². The number of phenols is 2. The maximum Gasteiger partial charge on any atom is 0.416 e. The minimum atomic E-state index is -4.46. The van der Waals surface area contributed by atoms with Crippen molar-refractivity contribution in [3.63, 3.8) is 0 Å². The van der Waals surface area contributed by atoms with Crippen molar-refractivity contribution >= 4 is 5.91 Å². The highest BCUT2D eigenvalue weighted by Crippen LogP contribution is 2.39. The second-order valence-electron chi connectivity index (χ2n) is 6.12. The van der Waals surface area contributed by atoms with Gasteiger partial charge in [-0.2, -0.15) is 13.2 Å². The Labute approximate surface area is 158 Å². The van der Waals surface area contributed by atoms with Crippen molar-refractivity contribution in [3.8, 4) is 33.9 Å². The van der Waals surface area contributed by atoms with E-state index in [1.165, 1.54) is 30.5 Å². The van der Waals surface area contributed by atoms with Crippen LogP contribution in [-0.2, 0) is 6.18 Å². The topological polar surface area (TPSA) is 85.4 Å². The first kappa shape index (κ1) is 19.3. The third kappa shape index (κ3) is 3.80. The highest BCUT2D eigenvalue weighted by molar-refractivity contribution is 6.04. The molecule has 1 amide bonds. The smallest absolute Gasteiger partial charge is 0.416 e. The summed E-state index contributed by atoms with van der Waals surface area (Å²) in [4.78, 5) is 15.4. The molecular weight excluding hydrogens is 373 g/mol. The van der Waals surface area contributed by atoms with Crippen LogP contribution in [0.1, 0.15) is 22.8 Å². The number of benzene rings is 2. The summed E-state index contributed by atoms with van der Waals surface area (Å²) in [5.41, 5.74) is 0.957. The average Bonchev–Trinajstić information content (AvgIpc) is 3.05. The van der Waals surface area contributed by atoms with Crippen LogP contribution in [0.3, 0.4) is 0 Å². The lowest BCUT2D eigenvalue weighted by Crippen LogP contribution is -2.22. The van der Waals surface area contributed by atoms with E-state index >= 15 is 0 Å². The quantitative estimate of drug-likeness (QED) is 0.528. The van der Waals surface area contributed by atoms with E-state index in [-0.39, 0.29) is 17.1 Å². The molecule has 0 aliphatic carbocycles. The van der Waals surface area contributed by atoms with Crippen molar-refractivity contribution in [2.24, 2.45) is 0 Å². The average molecular weight is 390 g/mol. The molecule has 1 aromatic heterocycles. The van der Waals surface area contributed by atoms with Gasteiger partial charge < -0.3 is 20.5 Å². The van der Waals surface area contributed by atoms with Crippen molar-refractivity contribution in [3.05, 3.63) is 59.8 Å². The zero-order valence-electron chi connectivity index (χ0n) is 14.8. The fraction of sp³-hybridized carbons (Fsp3) is 0.150. The zero-order valence-corrected chi connectivity index (χ0v) is 14.8. The van der Waals surface area contributed by atoms with Crippen LogP contribution < -0.4 is 5.32 Å². The standard InChI is InChI=1S/C20H17F3N2O3/c1-2-24-19(28)16-10-25-18(11-3-5-13(6-4-11)20(21,22)23)17(16)12-7-14(26)9-15(27)8-12/h3-10,25-27H,2H2,1H3,(H,24,28). The number of aromatic hydroxyl groups is 2. The fourth-order valence-electron chi connectivity index (χ4n) is 2.95. The Morgan fingerprint density at radius 3 is 2.18 bits per heavy atom. The summed E-state index contributed by atoms with van der Waals surface area (Å²) in [6.45, 7) is 2.13. The normalized spacial score (nSPS) is 11.4. The third-order valence-corrected chi connectivity index (χ3v) is 4.15. The summed E-state index contributed by atoms with van der Waals surface area (Å²) in [6.07, 6.45) is -3.02. The Morgan fingerprint density at radius 2 is 1.64 bits per heavy atom. The fourth-order valence-corrected chi connectivity index (χ4v) is 2.95. The van der Waals surface area contributed by atoms with Crippen LogP contribution in [-0.4, -0.2) is 27.6 Å². The molecule has 3 aromatic rings. The zero-order chi connectivity index (χ0) is 20.5. The van der Waals surface area contributed by atoms with Crippen LogP contribution in [0.5, 0.6) is 11.5 Å². The van der Waals surface area contributed by atoms with Crippen LogP contribution in [0.4, 0.5) is 13.2 Å².